The van der Waals surface area contributed by atoms with Gasteiger partial charge in [-0.15, -0.1) is 17.9 Å². The molecule has 6 nitrogen and oxygen atoms in total. The summed E-state index contributed by atoms with van der Waals surface area (Å²) in [5.74, 6) is 0.692. The number of thioether (sulfide) groups is 1. The quantitative estimate of drug-likeness (QED) is 0.382. The fraction of sp³-hybridized carbons (Fsp3) is 0.167. The summed E-state index contributed by atoms with van der Waals surface area (Å²) in [5.41, 5.74) is 0.566. The molecule has 3 rings (SSSR count). The first-order valence-corrected chi connectivity index (χ1v) is 9.64. The normalized spacial score (nSPS) is 10.7. The number of nitrogens with one attached hydrogen (secondary N) is 1. The lowest BCUT2D eigenvalue weighted by molar-refractivity contribution is -0.113. The van der Waals surface area contributed by atoms with Crippen LogP contribution in [-0.2, 0) is 11.3 Å². The number of anilines is 1. The fourth-order valence-corrected chi connectivity index (χ4v) is 3.95. The zero-order valence-electron chi connectivity index (χ0n) is 14.1. The molecule has 0 saturated carbocycles. The van der Waals surface area contributed by atoms with Crippen molar-refractivity contribution in [1.29, 1.82) is 0 Å². The van der Waals surface area contributed by atoms with Crippen LogP contribution in [0.25, 0.3) is 10.2 Å². The highest BCUT2D eigenvalue weighted by atomic mass is 32.2. The van der Waals surface area contributed by atoms with Crippen LogP contribution in [0.1, 0.15) is 0 Å². The molecule has 0 radical (unpaired) electrons. The van der Waals surface area contributed by atoms with E-state index in [0.29, 0.717) is 27.6 Å². The van der Waals surface area contributed by atoms with Gasteiger partial charge in [0.05, 0.1) is 18.2 Å². The van der Waals surface area contributed by atoms with E-state index in [1.807, 2.05) is 5.38 Å². The maximum atomic E-state index is 12.6. The van der Waals surface area contributed by atoms with E-state index in [0.717, 1.165) is 5.75 Å². The molecule has 0 aliphatic carbocycles. The molecule has 3 aromatic rings. The van der Waals surface area contributed by atoms with Gasteiger partial charge in [0.1, 0.15) is 10.6 Å². The van der Waals surface area contributed by atoms with Gasteiger partial charge in [-0.25, -0.2) is 4.98 Å². The van der Waals surface area contributed by atoms with E-state index in [4.69, 9.17) is 4.74 Å². The number of amides is 1. The zero-order chi connectivity index (χ0) is 18.5. The molecule has 0 spiro atoms. The summed E-state index contributed by atoms with van der Waals surface area (Å²) in [7, 11) is 1.59. The number of hydrogen-bond acceptors (Lipinski definition) is 6. The Balaban J connectivity index is 1.73. The number of ether oxygens (including phenoxy) is 1. The van der Waals surface area contributed by atoms with Gasteiger partial charge >= 0.3 is 0 Å². The maximum Gasteiger partial charge on any atom is 0.263 e. The van der Waals surface area contributed by atoms with Gasteiger partial charge in [0.15, 0.2) is 5.16 Å². The number of benzene rings is 1. The van der Waals surface area contributed by atoms with Gasteiger partial charge in [-0.2, -0.15) is 0 Å². The number of thiophene rings is 1. The smallest absolute Gasteiger partial charge is 0.263 e. The lowest BCUT2D eigenvalue weighted by Crippen LogP contribution is -2.23. The van der Waals surface area contributed by atoms with Gasteiger partial charge in [0, 0.05) is 12.2 Å². The number of allylic oxidation sites excluding steroid dienone is 1. The van der Waals surface area contributed by atoms with Crippen molar-refractivity contribution in [3.8, 4) is 5.75 Å². The van der Waals surface area contributed by atoms with Gasteiger partial charge in [0.2, 0.25) is 5.91 Å². The minimum absolute atomic E-state index is 0.116. The van der Waals surface area contributed by atoms with Crippen LogP contribution >= 0.6 is 23.1 Å². The van der Waals surface area contributed by atoms with Crippen LogP contribution in [0.3, 0.4) is 0 Å². The monoisotopic (exact) mass is 387 g/mol. The molecule has 0 aliphatic heterocycles. The van der Waals surface area contributed by atoms with Gasteiger partial charge in [-0.3, -0.25) is 14.2 Å². The first-order valence-electron chi connectivity index (χ1n) is 7.78. The van der Waals surface area contributed by atoms with E-state index in [2.05, 4.69) is 16.9 Å². The molecule has 2 heterocycles. The zero-order valence-corrected chi connectivity index (χ0v) is 15.7. The van der Waals surface area contributed by atoms with Crippen LogP contribution in [0.2, 0.25) is 0 Å². The largest absolute Gasteiger partial charge is 0.497 e. The molecule has 0 bridgehead atoms. The van der Waals surface area contributed by atoms with Crippen LogP contribution in [0.5, 0.6) is 5.75 Å². The molecule has 26 heavy (non-hydrogen) atoms. The number of nitrogens with zero attached hydrogens (tertiary/aromatic N) is 2. The number of carbonyl (C=O) groups excluding carboxylic acids is 1. The Morgan fingerprint density at radius 3 is 2.85 bits per heavy atom. The predicted molar refractivity (Wildman–Crippen MR) is 106 cm³/mol. The fourth-order valence-electron chi connectivity index (χ4n) is 2.33. The average Bonchev–Trinajstić information content (AvgIpc) is 3.12. The summed E-state index contributed by atoms with van der Waals surface area (Å²) >= 11 is 2.64. The number of methoxy groups -OCH3 is 1. The third kappa shape index (κ3) is 3.97. The molecule has 0 aliphatic rings. The predicted octanol–water partition coefficient (Wildman–Crippen LogP) is 3.38. The summed E-state index contributed by atoms with van der Waals surface area (Å²) in [6.45, 7) is 4.03. The SMILES string of the molecule is C=CCn1c(SCC(=O)Nc2ccc(OC)cc2)nc2sccc2c1=O. The Morgan fingerprint density at radius 1 is 1.38 bits per heavy atom. The summed E-state index contributed by atoms with van der Waals surface area (Å²) < 4.78 is 6.63. The first kappa shape index (κ1) is 18.2. The number of rotatable bonds is 7. The summed E-state index contributed by atoms with van der Waals surface area (Å²) in [4.78, 5) is 30.0. The molecule has 1 N–H and O–H groups in total. The Labute approximate surface area is 158 Å². The van der Waals surface area contributed by atoms with Crippen LogP contribution in [-0.4, -0.2) is 28.3 Å². The highest BCUT2D eigenvalue weighted by molar-refractivity contribution is 7.99. The Kier molecular flexibility index (Phi) is 5.75. The number of fused-ring (bicyclic) bond motifs is 1. The van der Waals surface area contributed by atoms with E-state index in [1.54, 1.807) is 43.5 Å². The van der Waals surface area contributed by atoms with Crippen molar-refractivity contribution in [2.75, 3.05) is 18.2 Å². The summed E-state index contributed by atoms with van der Waals surface area (Å²) in [6, 6.07) is 8.85. The molecule has 0 saturated heterocycles. The number of carbonyl (C=O) groups is 1. The summed E-state index contributed by atoms with van der Waals surface area (Å²) in [5, 5.41) is 5.75. The van der Waals surface area contributed by atoms with Crippen molar-refractivity contribution >= 4 is 44.9 Å². The topological polar surface area (TPSA) is 73.2 Å². The highest BCUT2D eigenvalue weighted by Gasteiger charge is 2.13. The lowest BCUT2D eigenvalue weighted by atomic mass is 10.3. The molecule has 134 valence electrons. The molecular weight excluding hydrogens is 370 g/mol. The second-order valence-corrected chi connectivity index (χ2v) is 7.14. The van der Waals surface area contributed by atoms with Crippen molar-refractivity contribution in [2.24, 2.45) is 0 Å². The molecule has 0 unspecified atom stereocenters. The minimum Gasteiger partial charge on any atom is -0.497 e. The van der Waals surface area contributed by atoms with Crippen LogP contribution < -0.4 is 15.6 Å². The average molecular weight is 387 g/mol. The molecular formula is C18H17N3O3S2. The molecule has 1 aromatic carbocycles. The van der Waals surface area contributed by atoms with E-state index >= 15 is 0 Å². The van der Waals surface area contributed by atoms with Gasteiger partial charge in [-0.1, -0.05) is 17.8 Å². The Morgan fingerprint density at radius 2 is 2.15 bits per heavy atom. The Hall–Kier alpha value is -2.58. The molecule has 8 heteroatoms. The highest BCUT2D eigenvalue weighted by Crippen LogP contribution is 2.22. The Bertz CT molecular complexity index is 993. The first-order chi connectivity index (χ1) is 12.6. The maximum absolute atomic E-state index is 12.6. The van der Waals surface area contributed by atoms with Crippen LogP contribution in [0.15, 0.2) is 58.3 Å². The third-order valence-corrected chi connectivity index (χ3v) is 5.35. The second kappa shape index (κ2) is 8.20. The van der Waals surface area contributed by atoms with E-state index in [1.165, 1.54) is 27.7 Å². The second-order valence-electron chi connectivity index (χ2n) is 5.30. The van der Waals surface area contributed by atoms with Gasteiger partial charge in [0.25, 0.3) is 5.56 Å². The van der Waals surface area contributed by atoms with E-state index in [9.17, 15) is 9.59 Å². The minimum atomic E-state index is -0.175. The van der Waals surface area contributed by atoms with Crippen LogP contribution in [0, 0.1) is 0 Å². The van der Waals surface area contributed by atoms with Crippen molar-refractivity contribution < 1.29 is 9.53 Å². The molecule has 2 aromatic heterocycles. The molecule has 0 atom stereocenters. The van der Waals surface area contributed by atoms with Crippen LogP contribution in [0.4, 0.5) is 5.69 Å². The van der Waals surface area contributed by atoms with E-state index < -0.39 is 0 Å². The summed E-state index contributed by atoms with van der Waals surface area (Å²) in [6.07, 6.45) is 1.64. The molecule has 1 amide bonds. The van der Waals surface area contributed by atoms with Crippen molar-refractivity contribution in [1.82, 2.24) is 9.55 Å². The number of aromatic nitrogens is 2. The van der Waals surface area contributed by atoms with Crippen molar-refractivity contribution in [3.05, 3.63) is 58.7 Å². The standard InChI is InChI=1S/C18H17N3O3S2/c1-3-9-21-17(23)14-8-10-25-16(14)20-18(21)26-11-15(22)19-12-4-6-13(24-2)7-5-12/h3-8,10H,1,9,11H2,2H3,(H,19,22). The molecule has 0 fully saturated rings. The van der Waals surface area contributed by atoms with Crippen molar-refractivity contribution in [2.45, 2.75) is 11.7 Å². The number of hydrogen-bond donors (Lipinski definition) is 1. The van der Waals surface area contributed by atoms with Gasteiger partial charge in [-0.05, 0) is 35.7 Å². The third-order valence-electron chi connectivity index (χ3n) is 3.57. The lowest BCUT2D eigenvalue weighted by Gasteiger charge is -2.10. The van der Waals surface area contributed by atoms with Gasteiger partial charge < -0.3 is 10.1 Å². The van der Waals surface area contributed by atoms with Crippen molar-refractivity contribution in [3.63, 3.8) is 0 Å². The van der Waals surface area contributed by atoms with E-state index in [-0.39, 0.29) is 17.2 Å².